The summed E-state index contributed by atoms with van der Waals surface area (Å²) in [5.41, 5.74) is 1.67. The molecule has 0 spiro atoms. The molecule has 3 rings (SSSR count). The van der Waals surface area contributed by atoms with Crippen LogP contribution in [0.25, 0.3) is 11.4 Å². The summed E-state index contributed by atoms with van der Waals surface area (Å²) in [6.07, 6.45) is 2.24. The van der Waals surface area contributed by atoms with E-state index in [9.17, 15) is 4.79 Å². The highest BCUT2D eigenvalue weighted by molar-refractivity contribution is 5.94. The minimum Gasteiger partial charge on any atom is -0.368 e. The van der Waals surface area contributed by atoms with Gasteiger partial charge < -0.3 is 10.1 Å². The van der Waals surface area contributed by atoms with Gasteiger partial charge in [-0.2, -0.15) is 5.10 Å². The molecule has 6 heteroatoms. The summed E-state index contributed by atoms with van der Waals surface area (Å²) in [7, 11) is 1.83. The van der Waals surface area contributed by atoms with Crippen molar-refractivity contribution in [2.45, 2.75) is 19.4 Å². The molecule has 6 nitrogen and oxygen atoms in total. The molecule has 2 heterocycles. The van der Waals surface area contributed by atoms with Gasteiger partial charge in [-0.3, -0.25) is 9.48 Å². The van der Waals surface area contributed by atoms with Gasteiger partial charge in [-0.1, -0.05) is 6.92 Å². The van der Waals surface area contributed by atoms with Crippen molar-refractivity contribution in [1.29, 1.82) is 0 Å². The first kappa shape index (κ1) is 13.8. The number of benzene rings is 1. The zero-order chi connectivity index (χ0) is 14.8. The van der Waals surface area contributed by atoms with Gasteiger partial charge in [0, 0.05) is 24.9 Å². The molecule has 110 valence electrons. The van der Waals surface area contributed by atoms with Crippen LogP contribution in [0.1, 0.15) is 13.3 Å². The molecule has 0 radical (unpaired) electrons. The molecule has 1 fully saturated rings. The van der Waals surface area contributed by atoms with Crippen molar-refractivity contribution in [3.63, 3.8) is 0 Å². The molecule has 1 amide bonds. The fraction of sp³-hybridized carbons (Fsp3) is 0.400. The second kappa shape index (κ2) is 5.65. The Morgan fingerprint density at radius 2 is 2.14 bits per heavy atom. The minimum atomic E-state index is -0.345. The maximum atomic E-state index is 12.1. The maximum absolute atomic E-state index is 12.1. The molecule has 2 aromatic rings. The van der Waals surface area contributed by atoms with Gasteiger partial charge in [-0.15, -0.1) is 0 Å². The lowest BCUT2D eigenvalue weighted by atomic mass is 10.0. The first-order valence-corrected chi connectivity index (χ1v) is 7.02. The molecule has 1 aliphatic rings. The van der Waals surface area contributed by atoms with E-state index in [1.165, 1.54) is 0 Å². The van der Waals surface area contributed by atoms with Crippen molar-refractivity contribution >= 4 is 11.6 Å². The molecule has 2 unspecified atom stereocenters. The number of amides is 1. The molecular weight excluding hydrogens is 268 g/mol. The third-order valence-corrected chi connectivity index (χ3v) is 3.66. The molecule has 2 atom stereocenters. The van der Waals surface area contributed by atoms with Crippen LogP contribution in [-0.4, -0.2) is 33.4 Å². The van der Waals surface area contributed by atoms with Crippen LogP contribution in [0.15, 0.2) is 30.6 Å². The van der Waals surface area contributed by atoms with Crippen LogP contribution >= 0.6 is 0 Å². The topological polar surface area (TPSA) is 69.0 Å². The van der Waals surface area contributed by atoms with Crippen LogP contribution in [-0.2, 0) is 16.6 Å². The lowest BCUT2D eigenvalue weighted by molar-refractivity contribution is -0.126. The maximum Gasteiger partial charge on any atom is 0.253 e. The van der Waals surface area contributed by atoms with Gasteiger partial charge >= 0.3 is 0 Å². The number of carbonyl (C=O) groups excluding carboxylic acids is 1. The number of ether oxygens (including phenoxy) is 1. The standard InChI is InChI=1S/C15H18N4O2/c1-10-7-8-21-13(10)15(20)17-12-5-3-11(4-6-12)14-16-9-19(2)18-14/h3-6,9-10,13H,7-8H2,1-2H3,(H,17,20). The third-order valence-electron chi connectivity index (χ3n) is 3.66. The molecule has 0 bridgehead atoms. The van der Waals surface area contributed by atoms with E-state index >= 15 is 0 Å². The number of rotatable bonds is 3. The Morgan fingerprint density at radius 3 is 2.71 bits per heavy atom. The Kier molecular flexibility index (Phi) is 3.70. The van der Waals surface area contributed by atoms with E-state index in [-0.39, 0.29) is 17.9 Å². The zero-order valence-electron chi connectivity index (χ0n) is 12.1. The second-order valence-corrected chi connectivity index (χ2v) is 5.37. The third kappa shape index (κ3) is 2.95. The lowest BCUT2D eigenvalue weighted by Crippen LogP contribution is -2.31. The number of nitrogens with one attached hydrogen (secondary N) is 1. The predicted octanol–water partition coefficient (Wildman–Crippen LogP) is 1.85. The van der Waals surface area contributed by atoms with E-state index in [4.69, 9.17) is 4.74 Å². The minimum absolute atomic E-state index is 0.0799. The molecule has 1 saturated heterocycles. The largest absolute Gasteiger partial charge is 0.368 e. The van der Waals surface area contributed by atoms with Crippen molar-refractivity contribution in [3.05, 3.63) is 30.6 Å². The summed E-state index contributed by atoms with van der Waals surface area (Å²) in [5, 5.41) is 7.13. The summed E-state index contributed by atoms with van der Waals surface area (Å²) in [4.78, 5) is 16.3. The highest BCUT2D eigenvalue weighted by atomic mass is 16.5. The number of carbonyl (C=O) groups is 1. The molecule has 0 aliphatic carbocycles. The van der Waals surface area contributed by atoms with E-state index in [0.29, 0.717) is 12.4 Å². The zero-order valence-corrected chi connectivity index (χ0v) is 12.1. The quantitative estimate of drug-likeness (QED) is 0.935. The van der Waals surface area contributed by atoms with Crippen LogP contribution in [0.2, 0.25) is 0 Å². The summed E-state index contributed by atoms with van der Waals surface area (Å²) in [6.45, 7) is 2.69. The van der Waals surface area contributed by atoms with Gasteiger partial charge in [0.25, 0.3) is 5.91 Å². The summed E-state index contributed by atoms with van der Waals surface area (Å²) < 4.78 is 7.12. The summed E-state index contributed by atoms with van der Waals surface area (Å²) >= 11 is 0. The van der Waals surface area contributed by atoms with Crippen LogP contribution in [0.5, 0.6) is 0 Å². The van der Waals surface area contributed by atoms with E-state index in [1.54, 1.807) is 11.0 Å². The van der Waals surface area contributed by atoms with Gasteiger partial charge in [0.15, 0.2) is 5.82 Å². The highest BCUT2D eigenvalue weighted by Crippen LogP contribution is 2.22. The highest BCUT2D eigenvalue weighted by Gasteiger charge is 2.30. The van der Waals surface area contributed by atoms with Crippen LogP contribution in [0, 0.1) is 5.92 Å². The van der Waals surface area contributed by atoms with Gasteiger partial charge in [0.1, 0.15) is 12.4 Å². The Bertz CT molecular complexity index is 635. The predicted molar refractivity (Wildman–Crippen MR) is 78.6 cm³/mol. The SMILES string of the molecule is CC1CCOC1C(=O)Nc1ccc(-c2ncn(C)n2)cc1. The van der Waals surface area contributed by atoms with Gasteiger partial charge in [0.2, 0.25) is 0 Å². The molecule has 1 N–H and O–H groups in total. The molecular formula is C15H18N4O2. The summed E-state index contributed by atoms with van der Waals surface area (Å²) in [6, 6.07) is 7.49. The Balaban J connectivity index is 1.68. The van der Waals surface area contributed by atoms with Crippen molar-refractivity contribution in [3.8, 4) is 11.4 Å². The van der Waals surface area contributed by atoms with Crippen molar-refractivity contribution < 1.29 is 9.53 Å². The van der Waals surface area contributed by atoms with Gasteiger partial charge in [0.05, 0.1) is 0 Å². The Labute approximate surface area is 123 Å². The van der Waals surface area contributed by atoms with E-state index < -0.39 is 0 Å². The van der Waals surface area contributed by atoms with Gasteiger partial charge in [-0.05, 0) is 36.6 Å². The smallest absolute Gasteiger partial charge is 0.253 e. The number of hydrogen-bond acceptors (Lipinski definition) is 4. The van der Waals surface area contributed by atoms with Gasteiger partial charge in [-0.25, -0.2) is 4.98 Å². The van der Waals surface area contributed by atoms with Crippen LogP contribution in [0.3, 0.4) is 0 Å². The van der Waals surface area contributed by atoms with Crippen LogP contribution in [0.4, 0.5) is 5.69 Å². The van der Waals surface area contributed by atoms with E-state index in [1.807, 2.05) is 38.2 Å². The van der Waals surface area contributed by atoms with E-state index in [0.717, 1.165) is 17.7 Å². The van der Waals surface area contributed by atoms with Crippen molar-refractivity contribution in [2.75, 3.05) is 11.9 Å². The second-order valence-electron chi connectivity index (χ2n) is 5.37. The Morgan fingerprint density at radius 1 is 1.38 bits per heavy atom. The van der Waals surface area contributed by atoms with Crippen molar-refractivity contribution in [1.82, 2.24) is 14.8 Å². The number of hydrogen-bond donors (Lipinski definition) is 1. The number of aromatic nitrogens is 3. The first-order valence-electron chi connectivity index (χ1n) is 7.02. The fourth-order valence-electron chi connectivity index (χ4n) is 2.42. The molecule has 1 aromatic carbocycles. The first-order chi connectivity index (χ1) is 10.1. The van der Waals surface area contributed by atoms with Crippen LogP contribution < -0.4 is 5.32 Å². The Hall–Kier alpha value is -2.21. The van der Waals surface area contributed by atoms with E-state index in [2.05, 4.69) is 15.4 Å². The molecule has 0 saturated carbocycles. The average molecular weight is 286 g/mol. The lowest BCUT2D eigenvalue weighted by Gasteiger charge is -2.14. The fourth-order valence-corrected chi connectivity index (χ4v) is 2.42. The number of aryl methyl sites for hydroxylation is 1. The number of nitrogens with zero attached hydrogens (tertiary/aromatic N) is 3. The normalized spacial score (nSPS) is 21.4. The summed E-state index contributed by atoms with van der Waals surface area (Å²) in [5.74, 6) is 0.855. The molecule has 1 aliphatic heterocycles. The number of anilines is 1. The average Bonchev–Trinajstić information content (AvgIpc) is 3.08. The molecule has 21 heavy (non-hydrogen) atoms. The monoisotopic (exact) mass is 286 g/mol. The van der Waals surface area contributed by atoms with Crippen molar-refractivity contribution in [2.24, 2.45) is 13.0 Å². The molecule has 1 aromatic heterocycles.